The van der Waals surface area contributed by atoms with Crippen LogP contribution in [0, 0.1) is 23.2 Å². The molecule has 0 aromatic heterocycles. The van der Waals surface area contributed by atoms with Crippen molar-refractivity contribution >= 4 is 0 Å². The summed E-state index contributed by atoms with van der Waals surface area (Å²) < 4.78 is 0. The van der Waals surface area contributed by atoms with Crippen molar-refractivity contribution in [2.75, 3.05) is 0 Å². The molecule has 0 heterocycles. The average molecular weight is 433 g/mol. The molecule has 1 unspecified atom stereocenters. The molecular weight excluding hydrogens is 388 g/mol. The SMILES string of the molecule is C=C1/C(=C/C=C2/CCC[C@]3(C)[C@@H]([C@H](C)CCC(O)C(C)(C)O)CC[C@@H]23)C[C@@H](O)C[C@H]1O. The number of aliphatic hydroxyl groups is 4. The first-order chi connectivity index (χ1) is 14.4. The van der Waals surface area contributed by atoms with E-state index in [4.69, 9.17) is 0 Å². The minimum Gasteiger partial charge on any atom is -0.393 e. The highest BCUT2D eigenvalue weighted by Gasteiger charge is 2.50. The summed E-state index contributed by atoms with van der Waals surface area (Å²) in [7, 11) is 0. The lowest BCUT2D eigenvalue weighted by atomic mass is 9.60. The highest BCUT2D eigenvalue weighted by atomic mass is 16.3. The van der Waals surface area contributed by atoms with E-state index in [1.165, 1.54) is 31.3 Å². The molecule has 0 spiro atoms. The van der Waals surface area contributed by atoms with Crippen LogP contribution in [-0.4, -0.2) is 44.3 Å². The van der Waals surface area contributed by atoms with Crippen LogP contribution in [0.5, 0.6) is 0 Å². The summed E-state index contributed by atoms with van der Waals surface area (Å²) in [4.78, 5) is 0. The van der Waals surface area contributed by atoms with Gasteiger partial charge in [-0.25, -0.2) is 0 Å². The van der Waals surface area contributed by atoms with Gasteiger partial charge in [0.05, 0.1) is 23.9 Å². The minimum absolute atomic E-state index is 0.282. The molecule has 7 atom stereocenters. The second-order valence-electron chi connectivity index (χ2n) is 11.4. The molecule has 3 saturated carbocycles. The van der Waals surface area contributed by atoms with Crippen LogP contribution >= 0.6 is 0 Å². The fourth-order valence-electron chi connectivity index (χ4n) is 6.65. The summed E-state index contributed by atoms with van der Waals surface area (Å²) in [5, 5.41) is 40.5. The van der Waals surface area contributed by atoms with Gasteiger partial charge in [0.25, 0.3) is 0 Å². The zero-order valence-electron chi connectivity index (χ0n) is 20.0. The molecule has 0 aromatic carbocycles. The molecular formula is C27H44O4. The van der Waals surface area contributed by atoms with E-state index in [-0.39, 0.29) is 5.41 Å². The molecule has 3 fully saturated rings. The predicted octanol–water partition coefficient (Wildman–Crippen LogP) is 4.68. The largest absolute Gasteiger partial charge is 0.393 e. The Bertz CT molecular complexity index is 715. The van der Waals surface area contributed by atoms with E-state index in [9.17, 15) is 20.4 Å². The summed E-state index contributed by atoms with van der Waals surface area (Å²) in [5.41, 5.74) is 2.48. The van der Waals surface area contributed by atoms with E-state index in [0.29, 0.717) is 37.0 Å². The fraction of sp³-hybridized carbons (Fsp3) is 0.778. The maximum absolute atomic E-state index is 10.3. The first-order valence-electron chi connectivity index (χ1n) is 12.3. The number of hydrogen-bond acceptors (Lipinski definition) is 4. The molecule has 0 amide bonds. The van der Waals surface area contributed by atoms with Crippen LogP contribution in [0.2, 0.25) is 0 Å². The Kier molecular flexibility index (Phi) is 7.57. The van der Waals surface area contributed by atoms with Crippen molar-refractivity contribution in [3.63, 3.8) is 0 Å². The van der Waals surface area contributed by atoms with Crippen molar-refractivity contribution in [2.45, 2.75) is 109 Å². The molecule has 0 radical (unpaired) electrons. The molecule has 4 heteroatoms. The normalized spacial score (nSPS) is 39.0. The zero-order valence-corrected chi connectivity index (χ0v) is 20.0. The van der Waals surface area contributed by atoms with Crippen molar-refractivity contribution in [3.05, 3.63) is 35.5 Å². The van der Waals surface area contributed by atoms with Gasteiger partial charge in [0.1, 0.15) is 0 Å². The Balaban J connectivity index is 1.71. The Morgan fingerprint density at radius 3 is 2.58 bits per heavy atom. The lowest BCUT2D eigenvalue weighted by Gasteiger charge is -2.44. The summed E-state index contributed by atoms with van der Waals surface area (Å²) >= 11 is 0. The number of allylic oxidation sites excluding steroid dienone is 3. The van der Waals surface area contributed by atoms with E-state index in [0.717, 1.165) is 24.0 Å². The van der Waals surface area contributed by atoms with Crippen LogP contribution in [0.1, 0.15) is 85.5 Å². The summed E-state index contributed by atoms with van der Waals surface area (Å²) in [6.07, 6.45) is 11.1. The number of aliphatic hydroxyl groups excluding tert-OH is 3. The summed E-state index contributed by atoms with van der Waals surface area (Å²) in [6, 6.07) is 0. The molecule has 4 N–H and O–H groups in total. The Morgan fingerprint density at radius 1 is 1.19 bits per heavy atom. The van der Waals surface area contributed by atoms with Gasteiger partial charge in [-0.1, -0.05) is 38.2 Å². The summed E-state index contributed by atoms with van der Waals surface area (Å²) in [6.45, 7) is 12.2. The van der Waals surface area contributed by atoms with Crippen molar-refractivity contribution in [2.24, 2.45) is 23.2 Å². The van der Waals surface area contributed by atoms with Crippen LogP contribution in [-0.2, 0) is 0 Å². The smallest absolute Gasteiger partial charge is 0.0849 e. The van der Waals surface area contributed by atoms with E-state index >= 15 is 0 Å². The third-order valence-corrected chi connectivity index (χ3v) is 8.70. The van der Waals surface area contributed by atoms with Crippen LogP contribution < -0.4 is 0 Å². The maximum Gasteiger partial charge on any atom is 0.0849 e. The third kappa shape index (κ3) is 5.35. The van der Waals surface area contributed by atoms with Crippen LogP contribution in [0.4, 0.5) is 0 Å². The molecule has 3 aliphatic carbocycles. The second-order valence-corrected chi connectivity index (χ2v) is 11.4. The van der Waals surface area contributed by atoms with Crippen molar-refractivity contribution in [3.8, 4) is 0 Å². The Labute approximate surface area is 188 Å². The van der Waals surface area contributed by atoms with Gasteiger partial charge >= 0.3 is 0 Å². The highest BCUT2D eigenvalue weighted by molar-refractivity contribution is 5.38. The van der Waals surface area contributed by atoms with Gasteiger partial charge in [-0.2, -0.15) is 0 Å². The van der Waals surface area contributed by atoms with Crippen LogP contribution in [0.25, 0.3) is 0 Å². The van der Waals surface area contributed by atoms with E-state index in [1.54, 1.807) is 13.8 Å². The third-order valence-electron chi connectivity index (χ3n) is 8.70. The topological polar surface area (TPSA) is 80.9 Å². The molecule has 4 nitrogen and oxygen atoms in total. The van der Waals surface area contributed by atoms with Crippen LogP contribution in [0.15, 0.2) is 35.5 Å². The van der Waals surface area contributed by atoms with Crippen molar-refractivity contribution < 1.29 is 20.4 Å². The van der Waals surface area contributed by atoms with Gasteiger partial charge in [0.15, 0.2) is 0 Å². The molecule has 176 valence electrons. The fourth-order valence-corrected chi connectivity index (χ4v) is 6.65. The zero-order chi connectivity index (χ0) is 23.0. The van der Waals surface area contributed by atoms with Gasteiger partial charge in [-0.3, -0.25) is 0 Å². The molecule has 0 bridgehead atoms. The first-order valence-corrected chi connectivity index (χ1v) is 12.3. The number of fused-ring (bicyclic) bond motifs is 1. The van der Waals surface area contributed by atoms with Gasteiger partial charge < -0.3 is 20.4 Å². The minimum atomic E-state index is -1.04. The molecule has 3 aliphatic rings. The molecule has 3 rings (SSSR count). The molecule has 0 aromatic rings. The Morgan fingerprint density at radius 2 is 1.90 bits per heavy atom. The highest BCUT2D eigenvalue weighted by Crippen LogP contribution is 2.60. The standard InChI is InChI=1S/C27H44O4/c1-17(8-13-25(30)26(3,4)31)22-11-12-23-19(7-6-14-27(22,23)5)9-10-20-15-21(28)16-24(29)18(20)2/h9-10,17,21-25,28-31H,2,6-8,11-16H2,1,3-5H3/b19-9-,20-10+/t17-,21-,22-,23+,24-,25?,27-/m1/s1. The predicted molar refractivity (Wildman–Crippen MR) is 125 cm³/mol. The van der Waals surface area contributed by atoms with E-state index in [2.05, 4.69) is 32.6 Å². The van der Waals surface area contributed by atoms with E-state index < -0.39 is 23.9 Å². The molecule has 0 aliphatic heterocycles. The number of rotatable bonds is 6. The summed E-state index contributed by atoms with van der Waals surface area (Å²) in [5.74, 6) is 1.74. The molecule has 0 saturated heterocycles. The quantitative estimate of drug-likeness (QED) is 0.491. The average Bonchev–Trinajstić information content (AvgIpc) is 3.04. The second kappa shape index (κ2) is 9.51. The van der Waals surface area contributed by atoms with Gasteiger partial charge in [-0.15, -0.1) is 0 Å². The maximum atomic E-state index is 10.3. The monoisotopic (exact) mass is 432 g/mol. The first kappa shape index (κ1) is 24.7. The number of hydrogen-bond donors (Lipinski definition) is 4. The van der Waals surface area contributed by atoms with Gasteiger partial charge in [0.2, 0.25) is 0 Å². The lowest BCUT2D eigenvalue weighted by Crippen LogP contribution is -2.38. The van der Waals surface area contributed by atoms with E-state index in [1.807, 2.05) is 0 Å². The lowest BCUT2D eigenvalue weighted by molar-refractivity contribution is -0.0554. The van der Waals surface area contributed by atoms with Crippen molar-refractivity contribution in [1.29, 1.82) is 0 Å². The van der Waals surface area contributed by atoms with Crippen molar-refractivity contribution in [1.82, 2.24) is 0 Å². The van der Waals surface area contributed by atoms with Gasteiger partial charge in [0, 0.05) is 6.42 Å². The molecule has 31 heavy (non-hydrogen) atoms. The van der Waals surface area contributed by atoms with Gasteiger partial charge in [-0.05, 0) is 99.5 Å². The van der Waals surface area contributed by atoms with Crippen LogP contribution in [0.3, 0.4) is 0 Å². The Hall–Kier alpha value is -0.940.